The Kier molecular flexibility index (Phi) is 6.01. The Labute approximate surface area is 200 Å². The topological polar surface area (TPSA) is 118 Å². The van der Waals surface area contributed by atoms with E-state index in [1.807, 2.05) is 13.0 Å². The fraction of sp³-hybridized carbons (Fsp3) is 0.167. The van der Waals surface area contributed by atoms with E-state index in [1.165, 1.54) is 42.1 Å². The van der Waals surface area contributed by atoms with Gasteiger partial charge in [-0.3, -0.25) is 4.79 Å². The predicted molar refractivity (Wildman–Crippen MR) is 130 cm³/mol. The predicted octanol–water partition coefficient (Wildman–Crippen LogP) is 4.78. The van der Waals surface area contributed by atoms with Crippen molar-refractivity contribution < 1.29 is 23.1 Å². The number of aryl methyl sites for hydroxylation is 2. The van der Waals surface area contributed by atoms with E-state index < -0.39 is 21.4 Å². The first-order valence-corrected chi connectivity index (χ1v) is 12.3. The van der Waals surface area contributed by atoms with Crippen molar-refractivity contribution in [1.29, 1.82) is 0 Å². The lowest BCUT2D eigenvalue weighted by Gasteiger charge is -2.17. The number of carboxylic acids is 1. The monoisotopic (exact) mass is 500 g/mol. The normalized spacial score (nSPS) is 11.6. The maximum atomic E-state index is 12.7. The zero-order valence-electron chi connectivity index (χ0n) is 18.5. The number of para-hydroxylation sites is 1. The third-order valence-electron chi connectivity index (χ3n) is 5.55. The van der Waals surface area contributed by atoms with Crippen LogP contribution in [-0.2, 0) is 16.9 Å². The van der Waals surface area contributed by atoms with Crippen molar-refractivity contribution in [1.82, 2.24) is 9.55 Å². The quantitative estimate of drug-likeness (QED) is 0.393. The highest BCUT2D eigenvalue weighted by Gasteiger charge is 2.22. The van der Waals surface area contributed by atoms with Crippen molar-refractivity contribution in [3.05, 3.63) is 75.3 Å². The van der Waals surface area contributed by atoms with Gasteiger partial charge in [-0.1, -0.05) is 30.7 Å². The number of aromatic amines is 1. The molecule has 0 atom stereocenters. The molecule has 0 bridgehead atoms. The number of carbonyl (C=O) groups is 1. The number of halogens is 1. The molecule has 0 aliphatic carbocycles. The number of sulfone groups is 1. The van der Waals surface area contributed by atoms with Crippen LogP contribution >= 0.6 is 11.6 Å². The summed E-state index contributed by atoms with van der Waals surface area (Å²) in [5.74, 6) is -0.636. The lowest BCUT2D eigenvalue weighted by molar-refractivity contribution is 0.0691. The average molecular weight is 501 g/mol. The summed E-state index contributed by atoms with van der Waals surface area (Å²) in [4.78, 5) is 27.0. The number of aromatic nitrogens is 2. The Hall–Kier alpha value is -3.56. The van der Waals surface area contributed by atoms with Gasteiger partial charge in [-0.2, -0.15) is 0 Å². The molecule has 0 radical (unpaired) electrons. The van der Waals surface area contributed by atoms with Crippen molar-refractivity contribution in [3.63, 3.8) is 0 Å². The van der Waals surface area contributed by atoms with Gasteiger partial charge in [0.25, 0.3) is 5.56 Å². The van der Waals surface area contributed by atoms with Crippen LogP contribution in [0, 0.1) is 6.92 Å². The number of nitrogens with one attached hydrogen (secondary N) is 1. The molecule has 0 amide bonds. The van der Waals surface area contributed by atoms with Gasteiger partial charge in [-0.25, -0.2) is 13.2 Å². The van der Waals surface area contributed by atoms with Crippen LogP contribution in [0.5, 0.6) is 11.5 Å². The first-order valence-electron chi connectivity index (χ1n) is 10.3. The molecule has 0 aliphatic rings. The van der Waals surface area contributed by atoms with Crippen LogP contribution in [0.2, 0.25) is 5.02 Å². The van der Waals surface area contributed by atoms with Crippen molar-refractivity contribution >= 4 is 38.3 Å². The molecule has 2 heterocycles. The Morgan fingerprint density at radius 2 is 1.91 bits per heavy atom. The number of ether oxygens (including phenoxy) is 1. The number of H-pyrrole nitrogens is 1. The molecular formula is C24H21ClN2O6S. The summed E-state index contributed by atoms with van der Waals surface area (Å²) >= 11 is 6.35. The second-order valence-electron chi connectivity index (χ2n) is 7.78. The molecule has 0 saturated carbocycles. The summed E-state index contributed by atoms with van der Waals surface area (Å²) in [6, 6.07) is 11.1. The Morgan fingerprint density at radius 1 is 1.18 bits per heavy atom. The smallest absolute Gasteiger partial charge is 0.352 e. The molecule has 2 aromatic heterocycles. The fourth-order valence-electron chi connectivity index (χ4n) is 3.69. The number of fused-ring (bicyclic) bond motifs is 1. The zero-order chi connectivity index (χ0) is 24.8. The number of hydrogen-bond donors (Lipinski definition) is 2. The van der Waals surface area contributed by atoms with E-state index in [0.29, 0.717) is 33.0 Å². The standard InChI is InChI=1S/C24H21ClN2O6S/c1-4-34(31,32)14-8-9-20(33-22-13(2)6-5-7-18(22)25)15(10-14)17-12-27(3)23(28)21-16(17)11-19(26-21)24(29)30/h5-12,26H,4H2,1-3H3,(H,29,30). The lowest BCUT2D eigenvalue weighted by Crippen LogP contribution is -2.16. The molecule has 4 aromatic rings. The SMILES string of the molecule is CCS(=O)(=O)c1ccc(Oc2c(C)cccc2Cl)c(-c2cn(C)c(=O)c3[nH]c(C(=O)O)cc23)c1. The summed E-state index contributed by atoms with van der Waals surface area (Å²) in [5, 5.41) is 10.1. The molecule has 10 heteroatoms. The van der Waals surface area contributed by atoms with Crippen LogP contribution in [0.15, 0.2) is 58.4 Å². The van der Waals surface area contributed by atoms with Crippen molar-refractivity contribution in [2.75, 3.05) is 5.75 Å². The highest BCUT2D eigenvalue weighted by molar-refractivity contribution is 7.91. The molecule has 34 heavy (non-hydrogen) atoms. The molecule has 0 spiro atoms. The van der Waals surface area contributed by atoms with E-state index in [1.54, 1.807) is 19.1 Å². The zero-order valence-corrected chi connectivity index (χ0v) is 20.1. The minimum atomic E-state index is -3.57. The van der Waals surface area contributed by atoms with Gasteiger partial charge >= 0.3 is 5.97 Å². The van der Waals surface area contributed by atoms with Crippen molar-refractivity contribution in [2.24, 2.45) is 7.05 Å². The van der Waals surface area contributed by atoms with Gasteiger partial charge in [-0.15, -0.1) is 0 Å². The minimum absolute atomic E-state index is 0.0734. The summed E-state index contributed by atoms with van der Waals surface area (Å²) in [6.45, 7) is 3.37. The maximum Gasteiger partial charge on any atom is 0.352 e. The van der Waals surface area contributed by atoms with E-state index in [2.05, 4.69) is 4.98 Å². The van der Waals surface area contributed by atoms with Crippen LogP contribution in [0.1, 0.15) is 23.0 Å². The average Bonchev–Trinajstić information content (AvgIpc) is 3.25. The molecule has 0 fully saturated rings. The van der Waals surface area contributed by atoms with E-state index in [9.17, 15) is 23.1 Å². The van der Waals surface area contributed by atoms with Crippen LogP contribution in [0.4, 0.5) is 0 Å². The Balaban J connectivity index is 2.06. The van der Waals surface area contributed by atoms with Gasteiger partial charge in [0.2, 0.25) is 0 Å². The van der Waals surface area contributed by atoms with Gasteiger partial charge in [0.05, 0.1) is 15.7 Å². The molecule has 2 N–H and O–H groups in total. The van der Waals surface area contributed by atoms with Crippen LogP contribution in [0.25, 0.3) is 22.0 Å². The molecule has 176 valence electrons. The molecule has 4 rings (SSSR count). The van der Waals surface area contributed by atoms with E-state index in [4.69, 9.17) is 16.3 Å². The molecular weight excluding hydrogens is 480 g/mol. The summed E-state index contributed by atoms with van der Waals surface area (Å²) in [5.41, 5.74) is 1.05. The van der Waals surface area contributed by atoms with Crippen molar-refractivity contribution in [3.8, 4) is 22.6 Å². The molecule has 8 nitrogen and oxygen atoms in total. The van der Waals surface area contributed by atoms with Crippen LogP contribution in [0.3, 0.4) is 0 Å². The highest BCUT2D eigenvalue weighted by Crippen LogP contribution is 2.41. The number of nitrogens with zero attached hydrogens (tertiary/aromatic N) is 1. The van der Waals surface area contributed by atoms with Gasteiger partial charge in [0.15, 0.2) is 9.84 Å². The third kappa shape index (κ3) is 4.08. The molecule has 0 aliphatic heterocycles. The maximum absolute atomic E-state index is 12.7. The van der Waals surface area contributed by atoms with Crippen LogP contribution < -0.4 is 10.3 Å². The first kappa shape index (κ1) is 23.6. The molecule has 0 unspecified atom stereocenters. The van der Waals surface area contributed by atoms with E-state index >= 15 is 0 Å². The minimum Gasteiger partial charge on any atom is -0.477 e. The first-order chi connectivity index (χ1) is 16.0. The van der Waals surface area contributed by atoms with Gasteiger partial charge in [0.1, 0.15) is 22.7 Å². The summed E-state index contributed by atoms with van der Waals surface area (Å²) in [7, 11) is -2.04. The van der Waals surface area contributed by atoms with Crippen molar-refractivity contribution in [2.45, 2.75) is 18.7 Å². The summed E-state index contributed by atoms with van der Waals surface area (Å²) < 4.78 is 32.7. The van der Waals surface area contributed by atoms with Crippen LogP contribution in [-0.4, -0.2) is 34.8 Å². The molecule has 0 saturated heterocycles. The fourth-order valence-corrected chi connectivity index (χ4v) is 4.85. The highest BCUT2D eigenvalue weighted by atomic mass is 35.5. The number of hydrogen-bond acceptors (Lipinski definition) is 5. The number of benzene rings is 2. The second-order valence-corrected chi connectivity index (χ2v) is 10.5. The molecule has 2 aromatic carbocycles. The Bertz CT molecular complexity index is 1600. The van der Waals surface area contributed by atoms with E-state index in [0.717, 1.165) is 5.56 Å². The Morgan fingerprint density at radius 3 is 2.56 bits per heavy atom. The van der Waals surface area contributed by atoms with Gasteiger partial charge in [0, 0.05) is 29.8 Å². The van der Waals surface area contributed by atoms with Gasteiger partial charge in [-0.05, 0) is 42.8 Å². The number of pyridine rings is 1. The largest absolute Gasteiger partial charge is 0.477 e. The summed E-state index contributed by atoms with van der Waals surface area (Å²) in [6.07, 6.45) is 1.52. The second kappa shape index (κ2) is 8.66. The lowest BCUT2D eigenvalue weighted by atomic mass is 10.0. The number of carboxylic acid groups (broad SMARTS) is 1. The van der Waals surface area contributed by atoms with Gasteiger partial charge < -0.3 is 19.4 Å². The third-order valence-corrected chi connectivity index (χ3v) is 7.58. The number of aromatic carboxylic acids is 1. The number of rotatable bonds is 6. The van der Waals surface area contributed by atoms with E-state index in [-0.39, 0.29) is 21.9 Å².